The van der Waals surface area contributed by atoms with Gasteiger partial charge in [0.2, 0.25) is 5.91 Å². The zero-order valence-electron chi connectivity index (χ0n) is 10.1. The van der Waals surface area contributed by atoms with E-state index < -0.39 is 29.4 Å². The number of rotatable bonds is 5. The monoisotopic (exact) mass is 261 g/mol. The highest BCUT2D eigenvalue weighted by Gasteiger charge is 2.17. The normalized spacial score (nSPS) is 12.1. The number of hydrogen-bond donors (Lipinski definition) is 2. The van der Waals surface area contributed by atoms with Gasteiger partial charge in [-0.15, -0.1) is 0 Å². The van der Waals surface area contributed by atoms with E-state index in [1.165, 1.54) is 6.92 Å². The van der Waals surface area contributed by atoms with Crippen LogP contribution in [0.3, 0.4) is 0 Å². The molecule has 0 fully saturated rings. The Bertz CT molecular complexity index is 440. The molecule has 18 heavy (non-hydrogen) atoms. The predicted molar refractivity (Wildman–Crippen MR) is 60.5 cm³/mol. The summed E-state index contributed by atoms with van der Waals surface area (Å²) in [6, 6.07) is -0.426. The number of anilines is 1. The third-order valence-corrected chi connectivity index (χ3v) is 2.18. The lowest BCUT2D eigenvalue weighted by atomic mass is 10.3. The van der Waals surface area contributed by atoms with Gasteiger partial charge in [0.25, 0.3) is 5.95 Å². The minimum absolute atomic E-state index is 0.372. The van der Waals surface area contributed by atoms with Gasteiger partial charge in [-0.25, -0.2) is 8.78 Å². The molecule has 0 aromatic carbocycles. The van der Waals surface area contributed by atoms with E-state index in [9.17, 15) is 18.0 Å². The molecule has 1 amide bonds. The number of aromatic nitrogens is 1. The number of amides is 1. The SMILES string of the molecule is CCCNC(=O)C(C)Nc1nc(F)c(F)cc1F. The molecule has 0 radical (unpaired) electrons. The third-order valence-electron chi connectivity index (χ3n) is 2.18. The van der Waals surface area contributed by atoms with Crippen molar-refractivity contribution in [3.8, 4) is 0 Å². The highest BCUT2D eigenvalue weighted by Crippen LogP contribution is 2.15. The second-order valence-corrected chi connectivity index (χ2v) is 3.75. The van der Waals surface area contributed by atoms with Gasteiger partial charge in [-0.05, 0) is 13.3 Å². The van der Waals surface area contributed by atoms with E-state index in [2.05, 4.69) is 15.6 Å². The van der Waals surface area contributed by atoms with Gasteiger partial charge < -0.3 is 10.6 Å². The molecule has 7 heteroatoms. The van der Waals surface area contributed by atoms with Crippen molar-refractivity contribution < 1.29 is 18.0 Å². The van der Waals surface area contributed by atoms with Gasteiger partial charge >= 0.3 is 0 Å². The minimum atomic E-state index is -1.42. The standard InChI is InChI=1S/C11H14F3N3O/c1-3-4-15-11(18)6(2)16-10-8(13)5-7(12)9(14)17-10/h5-6H,3-4H2,1-2H3,(H,15,18)(H,16,17). The summed E-state index contributed by atoms with van der Waals surface area (Å²) in [5, 5.41) is 4.96. The molecule has 0 aliphatic heterocycles. The van der Waals surface area contributed by atoms with Crippen LogP contribution >= 0.6 is 0 Å². The molecule has 0 aliphatic rings. The van der Waals surface area contributed by atoms with Gasteiger partial charge in [0.05, 0.1) is 0 Å². The fourth-order valence-electron chi connectivity index (χ4n) is 1.22. The van der Waals surface area contributed by atoms with Crippen molar-refractivity contribution in [2.75, 3.05) is 11.9 Å². The molecule has 1 aromatic rings. The van der Waals surface area contributed by atoms with Crippen LogP contribution in [-0.2, 0) is 4.79 Å². The number of carbonyl (C=O) groups excluding carboxylic acids is 1. The van der Waals surface area contributed by atoms with Crippen LogP contribution in [0.2, 0.25) is 0 Å². The van der Waals surface area contributed by atoms with Crippen LogP contribution in [0.4, 0.5) is 19.0 Å². The van der Waals surface area contributed by atoms with Crippen LogP contribution in [0.25, 0.3) is 0 Å². The molecule has 1 heterocycles. The van der Waals surface area contributed by atoms with Crippen molar-refractivity contribution in [1.82, 2.24) is 10.3 Å². The van der Waals surface area contributed by atoms with Crippen LogP contribution in [-0.4, -0.2) is 23.5 Å². The van der Waals surface area contributed by atoms with Crippen LogP contribution < -0.4 is 10.6 Å². The first-order chi connectivity index (χ1) is 8.45. The van der Waals surface area contributed by atoms with Gasteiger partial charge in [-0.2, -0.15) is 9.37 Å². The average molecular weight is 261 g/mol. The van der Waals surface area contributed by atoms with Crippen LogP contribution in [0, 0.1) is 17.6 Å². The van der Waals surface area contributed by atoms with Gasteiger partial charge in [0.15, 0.2) is 17.5 Å². The van der Waals surface area contributed by atoms with E-state index in [0.717, 1.165) is 6.42 Å². The second kappa shape index (κ2) is 6.23. The largest absolute Gasteiger partial charge is 0.356 e. The zero-order chi connectivity index (χ0) is 13.7. The molecule has 0 bridgehead atoms. The topological polar surface area (TPSA) is 54.0 Å². The Hall–Kier alpha value is -1.79. The lowest BCUT2D eigenvalue weighted by Crippen LogP contribution is -2.38. The van der Waals surface area contributed by atoms with Gasteiger partial charge in [0, 0.05) is 12.6 Å². The summed E-state index contributed by atoms with van der Waals surface area (Å²) in [5.41, 5.74) is 0. The quantitative estimate of drug-likeness (QED) is 0.795. The number of nitrogens with zero attached hydrogens (tertiary/aromatic N) is 1. The first-order valence-corrected chi connectivity index (χ1v) is 5.51. The molecule has 4 nitrogen and oxygen atoms in total. The summed E-state index contributed by atoms with van der Waals surface area (Å²) < 4.78 is 38.7. The van der Waals surface area contributed by atoms with Crippen molar-refractivity contribution in [3.63, 3.8) is 0 Å². The Morgan fingerprint density at radius 3 is 2.67 bits per heavy atom. The summed E-state index contributed by atoms with van der Waals surface area (Å²) in [4.78, 5) is 14.5. The van der Waals surface area contributed by atoms with E-state index in [1.54, 1.807) is 0 Å². The molecule has 1 aromatic heterocycles. The molecule has 2 N–H and O–H groups in total. The highest BCUT2D eigenvalue weighted by molar-refractivity contribution is 5.83. The fourth-order valence-corrected chi connectivity index (χ4v) is 1.22. The van der Waals surface area contributed by atoms with Crippen LogP contribution in [0.5, 0.6) is 0 Å². The zero-order valence-corrected chi connectivity index (χ0v) is 10.1. The smallest absolute Gasteiger partial charge is 0.251 e. The predicted octanol–water partition coefficient (Wildman–Crippen LogP) is 1.83. The second-order valence-electron chi connectivity index (χ2n) is 3.75. The molecule has 0 spiro atoms. The first-order valence-electron chi connectivity index (χ1n) is 5.51. The fraction of sp³-hybridized carbons (Fsp3) is 0.455. The molecular weight excluding hydrogens is 247 g/mol. The average Bonchev–Trinajstić information content (AvgIpc) is 2.32. The van der Waals surface area contributed by atoms with Gasteiger partial charge in [-0.1, -0.05) is 6.92 Å². The molecule has 0 saturated heterocycles. The molecule has 1 atom stereocenters. The summed E-state index contributed by atoms with van der Waals surface area (Å²) in [6.45, 7) is 3.83. The van der Waals surface area contributed by atoms with E-state index in [-0.39, 0.29) is 5.91 Å². The van der Waals surface area contributed by atoms with Gasteiger partial charge in [0.1, 0.15) is 6.04 Å². The number of carbonyl (C=O) groups is 1. The molecule has 1 unspecified atom stereocenters. The van der Waals surface area contributed by atoms with E-state index in [1.807, 2.05) is 6.92 Å². The lowest BCUT2D eigenvalue weighted by molar-refractivity contribution is -0.121. The Kier molecular flexibility index (Phi) is 4.94. The summed E-state index contributed by atoms with van der Waals surface area (Å²) in [5.74, 6) is -4.71. The Balaban J connectivity index is 2.72. The number of halogens is 3. The van der Waals surface area contributed by atoms with Crippen LogP contribution in [0.15, 0.2) is 6.07 Å². The van der Waals surface area contributed by atoms with Crippen molar-refractivity contribution >= 4 is 11.7 Å². The van der Waals surface area contributed by atoms with E-state index in [0.29, 0.717) is 12.6 Å². The summed E-state index contributed by atoms with van der Waals surface area (Å²) >= 11 is 0. The minimum Gasteiger partial charge on any atom is -0.356 e. The van der Waals surface area contributed by atoms with E-state index in [4.69, 9.17) is 0 Å². The number of hydrogen-bond acceptors (Lipinski definition) is 3. The Labute approximate surface area is 103 Å². The molecule has 0 aliphatic carbocycles. The maximum atomic E-state index is 13.2. The number of pyridine rings is 1. The van der Waals surface area contributed by atoms with E-state index >= 15 is 0 Å². The molecule has 0 saturated carbocycles. The number of nitrogens with one attached hydrogen (secondary N) is 2. The molecule has 1 rings (SSSR count). The highest BCUT2D eigenvalue weighted by atomic mass is 19.2. The Morgan fingerprint density at radius 1 is 1.39 bits per heavy atom. The van der Waals surface area contributed by atoms with Crippen molar-refractivity contribution in [2.45, 2.75) is 26.3 Å². The van der Waals surface area contributed by atoms with Gasteiger partial charge in [-0.3, -0.25) is 4.79 Å². The summed E-state index contributed by atoms with van der Waals surface area (Å²) in [6.07, 6.45) is 0.760. The Morgan fingerprint density at radius 2 is 2.06 bits per heavy atom. The lowest BCUT2D eigenvalue weighted by Gasteiger charge is -2.14. The maximum Gasteiger partial charge on any atom is 0.251 e. The maximum absolute atomic E-state index is 13.2. The van der Waals surface area contributed by atoms with Crippen molar-refractivity contribution in [2.24, 2.45) is 0 Å². The first kappa shape index (κ1) is 14.3. The third kappa shape index (κ3) is 3.61. The van der Waals surface area contributed by atoms with Crippen molar-refractivity contribution in [1.29, 1.82) is 0 Å². The molecule has 100 valence electrons. The van der Waals surface area contributed by atoms with Crippen molar-refractivity contribution in [3.05, 3.63) is 23.6 Å². The van der Waals surface area contributed by atoms with Crippen LogP contribution in [0.1, 0.15) is 20.3 Å². The molecular formula is C11H14F3N3O. The summed E-state index contributed by atoms with van der Waals surface area (Å²) in [7, 11) is 0.